The average Bonchev–Trinajstić information content (AvgIpc) is 2.69. The quantitative estimate of drug-likeness (QED) is 0.762. The van der Waals surface area contributed by atoms with Crippen LogP contribution in [0.4, 0.5) is 0 Å². The Morgan fingerprint density at radius 3 is 2.41 bits per heavy atom. The first-order valence-electron chi connectivity index (χ1n) is 5.85. The molecule has 0 aliphatic heterocycles. The molecular weight excluding hydrogens is 242 g/mol. The fourth-order valence-corrected chi connectivity index (χ4v) is 1.94. The molecule has 0 fully saturated rings. The number of aromatic nitrogens is 2. The van der Waals surface area contributed by atoms with Gasteiger partial charge in [0, 0.05) is 19.8 Å². The predicted molar refractivity (Wildman–Crippen MR) is 66.9 cm³/mol. The molecule has 0 spiro atoms. The van der Waals surface area contributed by atoms with E-state index in [0.717, 1.165) is 5.69 Å². The smallest absolute Gasteiger partial charge is 0.178 e. The van der Waals surface area contributed by atoms with Crippen LogP contribution >= 0.6 is 11.6 Å². The molecule has 98 valence electrons. The van der Waals surface area contributed by atoms with Crippen molar-refractivity contribution in [2.75, 3.05) is 13.2 Å². The normalized spacial score (nSPS) is 13.3. The van der Waals surface area contributed by atoms with Gasteiger partial charge in [-0.05, 0) is 20.8 Å². The van der Waals surface area contributed by atoms with Gasteiger partial charge in [0.1, 0.15) is 0 Å². The van der Waals surface area contributed by atoms with E-state index in [-0.39, 0.29) is 0 Å². The highest BCUT2D eigenvalue weighted by atomic mass is 35.5. The molecule has 1 aromatic heterocycles. The number of halogens is 1. The lowest BCUT2D eigenvalue weighted by molar-refractivity contribution is -0.150. The molecule has 1 aromatic rings. The molecule has 5 nitrogen and oxygen atoms in total. The molecule has 0 aliphatic carbocycles. The topological polar surface area (TPSA) is 62.3 Å². The monoisotopic (exact) mass is 261 g/mol. The fraction of sp³-hybridized carbons (Fsp3) is 0.727. The van der Waals surface area contributed by atoms with E-state index >= 15 is 0 Å². The molecule has 0 aliphatic rings. The zero-order valence-electron chi connectivity index (χ0n) is 10.5. The molecule has 1 unspecified atom stereocenters. The summed E-state index contributed by atoms with van der Waals surface area (Å²) in [4.78, 5) is 0. The van der Waals surface area contributed by atoms with Gasteiger partial charge in [0.25, 0.3) is 0 Å². The molecule has 0 bridgehead atoms. The van der Waals surface area contributed by atoms with E-state index in [1.54, 1.807) is 10.9 Å². The third-order valence-corrected chi connectivity index (χ3v) is 2.69. The van der Waals surface area contributed by atoms with E-state index in [1.165, 1.54) is 0 Å². The summed E-state index contributed by atoms with van der Waals surface area (Å²) in [5.74, 6) is 0. The SMILES string of the molecule is CCOC(OCC)C(N)c1c(Cl)cnn1CC. The number of nitrogens with zero attached hydrogens (tertiary/aromatic N) is 2. The summed E-state index contributed by atoms with van der Waals surface area (Å²) in [5, 5.41) is 4.70. The lowest BCUT2D eigenvalue weighted by Crippen LogP contribution is -2.33. The Kier molecular flexibility index (Phi) is 5.91. The van der Waals surface area contributed by atoms with Gasteiger partial charge in [0.05, 0.1) is 23.0 Å². The second-order valence-electron chi connectivity index (χ2n) is 3.50. The van der Waals surface area contributed by atoms with Crippen molar-refractivity contribution >= 4 is 11.6 Å². The van der Waals surface area contributed by atoms with Crippen LogP contribution in [0, 0.1) is 0 Å². The molecule has 1 heterocycles. The van der Waals surface area contributed by atoms with Crippen molar-refractivity contribution in [2.24, 2.45) is 5.73 Å². The van der Waals surface area contributed by atoms with E-state index in [1.807, 2.05) is 20.8 Å². The van der Waals surface area contributed by atoms with E-state index in [9.17, 15) is 0 Å². The van der Waals surface area contributed by atoms with Crippen molar-refractivity contribution in [1.29, 1.82) is 0 Å². The van der Waals surface area contributed by atoms with Crippen molar-refractivity contribution in [2.45, 2.75) is 39.6 Å². The molecule has 17 heavy (non-hydrogen) atoms. The van der Waals surface area contributed by atoms with Crippen LogP contribution in [0.3, 0.4) is 0 Å². The molecule has 0 saturated heterocycles. The Labute approximate surface area is 107 Å². The molecule has 0 saturated carbocycles. The number of nitrogens with two attached hydrogens (primary N) is 1. The maximum atomic E-state index is 6.14. The minimum Gasteiger partial charge on any atom is -0.351 e. The summed E-state index contributed by atoms with van der Waals surface area (Å²) in [7, 11) is 0. The maximum Gasteiger partial charge on any atom is 0.178 e. The second-order valence-corrected chi connectivity index (χ2v) is 3.91. The average molecular weight is 262 g/mol. The standard InChI is InChI=1S/C11H20ClN3O2/c1-4-15-10(8(12)7-14-15)9(13)11(16-5-2)17-6-3/h7,9,11H,4-6,13H2,1-3H3. The molecule has 0 aromatic carbocycles. The van der Waals surface area contributed by atoms with Gasteiger partial charge in [-0.3, -0.25) is 4.68 Å². The summed E-state index contributed by atoms with van der Waals surface area (Å²) in [5.41, 5.74) is 6.89. The Morgan fingerprint density at radius 1 is 1.35 bits per heavy atom. The largest absolute Gasteiger partial charge is 0.351 e. The zero-order chi connectivity index (χ0) is 12.8. The van der Waals surface area contributed by atoms with Gasteiger partial charge in [0.15, 0.2) is 6.29 Å². The molecule has 0 amide bonds. The zero-order valence-corrected chi connectivity index (χ0v) is 11.3. The Bertz CT molecular complexity index is 337. The number of ether oxygens (including phenoxy) is 2. The highest BCUT2D eigenvalue weighted by Gasteiger charge is 2.25. The summed E-state index contributed by atoms with van der Waals surface area (Å²) < 4.78 is 12.7. The third kappa shape index (κ3) is 3.42. The van der Waals surface area contributed by atoms with E-state index in [4.69, 9.17) is 26.8 Å². The van der Waals surface area contributed by atoms with Gasteiger partial charge in [-0.25, -0.2) is 0 Å². The van der Waals surface area contributed by atoms with Gasteiger partial charge in [-0.1, -0.05) is 11.6 Å². The van der Waals surface area contributed by atoms with Crippen LogP contribution in [0.5, 0.6) is 0 Å². The maximum absolute atomic E-state index is 6.14. The molecule has 2 N–H and O–H groups in total. The lowest BCUT2D eigenvalue weighted by Gasteiger charge is -2.24. The third-order valence-electron chi connectivity index (χ3n) is 2.40. The minimum absolute atomic E-state index is 0.440. The number of aryl methyl sites for hydroxylation is 1. The second kappa shape index (κ2) is 6.96. The highest BCUT2D eigenvalue weighted by Crippen LogP contribution is 2.25. The van der Waals surface area contributed by atoms with Crippen LogP contribution in [-0.2, 0) is 16.0 Å². The Hall–Kier alpha value is -0.620. The van der Waals surface area contributed by atoms with E-state index in [2.05, 4.69) is 5.10 Å². The molecule has 1 rings (SSSR count). The van der Waals surface area contributed by atoms with Crippen LogP contribution in [0.2, 0.25) is 5.02 Å². The van der Waals surface area contributed by atoms with Gasteiger partial charge < -0.3 is 15.2 Å². The molecular formula is C11H20ClN3O2. The van der Waals surface area contributed by atoms with E-state index in [0.29, 0.717) is 24.8 Å². The summed E-state index contributed by atoms with van der Waals surface area (Å²) in [6.07, 6.45) is 1.10. The van der Waals surface area contributed by atoms with Crippen molar-refractivity contribution in [3.8, 4) is 0 Å². The fourth-order valence-electron chi connectivity index (χ4n) is 1.67. The number of hydrogen-bond acceptors (Lipinski definition) is 4. The van der Waals surface area contributed by atoms with Crippen LogP contribution in [0.25, 0.3) is 0 Å². The summed E-state index contributed by atoms with van der Waals surface area (Å²) in [6.45, 7) is 7.57. The van der Waals surface area contributed by atoms with E-state index < -0.39 is 12.3 Å². The number of hydrogen-bond donors (Lipinski definition) is 1. The van der Waals surface area contributed by atoms with Gasteiger partial charge >= 0.3 is 0 Å². The van der Waals surface area contributed by atoms with Crippen LogP contribution in [0.1, 0.15) is 32.5 Å². The van der Waals surface area contributed by atoms with Crippen molar-refractivity contribution in [3.05, 3.63) is 16.9 Å². The van der Waals surface area contributed by atoms with Crippen molar-refractivity contribution in [3.63, 3.8) is 0 Å². The van der Waals surface area contributed by atoms with Crippen molar-refractivity contribution < 1.29 is 9.47 Å². The first kappa shape index (κ1) is 14.4. The first-order chi connectivity index (χ1) is 8.15. The van der Waals surface area contributed by atoms with Gasteiger partial charge in [-0.2, -0.15) is 5.10 Å². The summed E-state index contributed by atoms with van der Waals surface area (Å²) in [6, 6.07) is -0.440. The Morgan fingerprint density at radius 2 is 1.94 bits per heavy atom. The van der Waals surface area contributed by atoms with Crippen LogP contribution in [0.15, 0.2) is 6.20 Å². The van der Waals surface area contributed by atoms with Crippen LogP contribution in [-0.4, -0.2) is 29.3 Å². The highest BCUT2D eigenvalue weighted by molar-refractivity contribution is 6.31. The summed E-state index contributed by atoms with van der Waals surface area (Å²) >= 11 is 6.09. The first-order valence-corrected chi connectivity index (χ1v) is 6.23. The minimum atomic E-state index is -0.496. The predicted octanol–water partition coefficient (Wildman–Crippen LogP) is 1.96. The van der Waals surface area contributed by atoms with Gasteiger partial charge in [0.2, 0.25) is 0 Å². The Balaban J connectivity index is 2.90. The lowest BCUT2D eigenvalue weighted by atomic mass is 10.2. The van der Waals surface area contributed by atoms with Crippen molar-refractivity contribution in [1.82, 2.24) is 9.78 Å². The number of rotatable bonds is 7. The molecule has 6 heteroatoms. The van der Waals surface area contributed by atoms with Crippen LogP contribution < -0.4 is 5.73 Å². The molecule has 1 atom stereocenters. The molecule has 0 radical (unpaired) electrons. The van der Waals surface area contributed by atoms with Gasteiger partial charge in [-0.15, -0.1) is 0 Å².